The summed E-state index contributed by atoms with van der Waals surface area (Å²) in [6.07, 6.45) is 2.88. The highest BCUT2D eigenvalue weighted by Crippen LogP contribution is 2.38. The van der Waals surface area contributed by atoms with E-state index in [9.17, 15) is 10.1 Å². The van der Waals surface area contributed by atoms with E-state index in [-0.39, 0.29) is 11.9 Å². The van der Waals surface area contributed by atoms with Crippen LogP contribution in [0.4, 0.5) is 11.6 Å². The summed E-state index contributed by atoms with van der Waals surface area (Å²) < 4.78 is 6.98. The number of rotatable bonds is 3. The molecular formula is C16H14ClN5O3. The Morgan fingerprint density at radius 3 is 3.08 bits per heavy atom. The van der Waals surface area contributed by atoms with Gasteiger partial charge in [0.25, 0.3) is 0 Å². The molecule has 128 valence electrons. The molecule has 0 amide bonds. The highest BCUT2D eigenvalue weighted by Gasteiger charge is 2.23. The van der Waals surface area contributed by atoms with Crippen LogP contribution in [0.5, 0.6) is 5.75 Å². The van der Waals surface area contributed by atoms with Gasteiger partial charge in [0.05, 0.1) is 17.7 Å². The number of nitrogens with zero attached hydrogens (tertiary/aromatic N) is 4. The summed E-state index contributed by atoms with van der Waals surface area (Å²) in [5.41, 5.74) is 1.37. The van der Waals surface area contributed by atoms with Crippen LogP contribution >= 0.6 is 11.6 Å². The Morgan fingerprint density at radius 1 is 1.36 bits per heavy atom. The zero-order valence-corrected chi connectivity index (χ0v) is 13.8. The second kappa shape index (κ2) is 6.21. The summed E-state index contributed by atoms with van der Waals surface area (Å²) >= 11 is 6.25. The lowest BCUT2D eigenvalue weighted by molar-refractivity contribution is -0.391. The van der Waals surface area contributed by atoms with Gasteiger partial charge >= 0.3 is 5.82 Å². The van der Waals surface area contributed by atoms with Crippen molar-refractivity contribution in [3.63, 3.8) is 0 Å². The molecule has 1 atom stereocenters. The van der Waals surface area contributed by atoms with Gasteiger partial charge in [-0.3, -0.25) is 0 Å². The molecule has 0 saturated carbocycles. The van der Waals surface area contributed by atoms with Crippen LogP contribution in [0, 0.1) is 10.1 Å². The molecule has 0 bridgehead atoms. The van der Waals surface area contributed by atoms with Crippen molar-refractivity contribution in [1.82, 2.24) is 14.6 Å². The first-order chi connectivity index (χ1) is 12.1. The molecule has 1 aromatic carbocycles. The van der Waals surface area contributed by atoms with Gasteiger partial charge in [-0.2, -0.15) is 0 Å². The Bertz CT molecular complexity index is 958. The third kappa shape index (κ3) is 2.85. The van der Waals surface area contributed by atoms with Crippen molar-refractivity contribution in [2.45, 2.75) is 18.9 Å². The average Bonchev–Trinajstić information content (AvgIpc) is 2.91. The molecule has 4 rings (SSSR count). The van der Waals surface area contributed by atoms with E-state index >= 15 is 0 Å². The van der Waals surface area contributed by atoms with E-state index < -0.39 is 4.92 Å². The van der Waals surface area contributed by atoms with Gasteiger partial charge in [-0.1, -0.05) is 33.3 Å². The molecule has 0 fully saturated rings. The predicted molar refractivity (Wildman–Crippen MR) is 92.2 cm³/mol. The minimum absolute atomic E-state index is 0.0521. The molecule has 1 aliphatic heterocycles. The van der Waals surface area contributed by atoms with Gasteiger partial charge < -0.3 is 20.2 Å². The summed E-state index contributed by atoms with van der Waals surface area (Å²) in [6, 6.07) is 9.02. The Hall–Kier alpha value is -2.87. The molecule has 0 radical (unpaired) electrons. The van der Waals surface area contributed by atoms with Crippen molar-refractivity contribution >= 4 is 28.9 Å². The number of fused-ring (bicyclic) bond motifs is 2. The lowest BCUT2D eigenvalue weighted by Gasteiger charge is -2.18. The van der Waals surface area contributed by atoms with Crippen molar-refractivity contribution in [3.05, 3.63) is 57.2 Å². The van der Waals surface area contributed by atoms with E-state index in [0.717, 1.165) is 18.4 Å². The van der Waals surface area contributed by atoms with Crippen LogP contribution in [0.3, 0.4) is 0 Å². The number of benzene rings is 1. The maximum absolute atomic E-state index is 11.1. The fraction of sp³-hybridized carbons (Fsp3) is 0.250. The van der Waals surface area contributed by atoms with Gasteiger partial charge in [-0.15, -0.1) is 0 Å². The number of halogens is 1. The number of imidazole rings is 1. The molecule has 3 heterocycles. The lowest BCUT2D eigenvalue weighted by atomic mass is 10.0. The zero-order chi connectivity index (χ0) is 17.4. The van der Waals surface area contributed by atoms with Gasteiger partial charge in [0.2, 0.25) is 5.65 Å². The number of hydrogen-bond donors (Lipinski definition) is 1. The van der Waals surface area contributed by atoms with Crippen molar-refractivity contribution in [2.24, 2.45) is 0 Å². The number of hydrogen-bond acceptors (Lipinski definition) is 6. The van der Waals surface area contributed by atoms with E-state index in [4.69, 9.17) is 16.3 Å². The van der Waals surface area contributed by atoms with Crippen molar-refractivity contribution < 1.29 is 9.66 Å². The van der Waals surface area contributed by atoms with E-state index in [1.54, 1.807) is 18.2 Å². The van der Waals surface area contributed by atoms with Gasteiger partial charge in [0, 0.05) is 11.6 Å². The molecule has 25 heavy (non-hydrogen) atoms. The number of ether oxygens (including phenoxy) is 1. The van der Waals surface area contributed by atoms with Crippen LogP contribution in [0.1, 0.15) is 24.4 Å². The third-order valence-corrected chi connectivity index (χ3v) is 4.41. The van der Waals surface area contributed by atoms with Crippen molar-refractivity contribution in [3.8, 4) is 5.75 Å². The van der Waals surface area contributed by atoms with Crippen LogP contribution in [0.15, 0.2) is 36.5 Å². The molecule has 0 saturated heterocycles. The first-order valence-corrected chi connectivity index (χ1v) is 8.18. The number of aromatic nitrogens is 3. The smallest absolute Gasteiger partial charge is 0.368 e. The van der Waals surface area contributed by atoms with E-state index in [2.05, 4.69) is 15.4 Å². The summed E-state index contributed by atoms with van der Waals surface area (Å²) in [4.78, 5) is 14.6. The fourth-order valence-electron chi connectivity index (χ4n) is 2.96. The molecule has 0 spiro atoms. The first-order valence-electron chi connectivity index (χ1n) is 7.80. The van der Waals surface area contributed by atoms with Crippen molar-refractivity contribution in [1.29, 1.82) is 0 Å². The summed E-state index contributed by atoms with van der Waals surface area (Å²) in [5, 5.41) is 19.3. The molecule has 8 nitrogen and oxygen atoms in total. The first kappa shape index (κ1) is 15.6. The Balaban J connectivity index is 1.70. The summed E-state index contributed by atoms with van der Waals surface area (Å²) in [7, 11) is 0. The molecule has 3 aromatic rings. The SMILES string of the molecule is O=[N+]([O-])c1cnc2ccc(NC3CCCOc4c(Cl)cccc43)nn12. The molecule has 9 heteroatoms. The Morgan fingerprint density at radius 2 is 2.24 bits per heavy atom. The normalized spacial score (nSPS) is 16.8. The average molecular weight is 360 g/mol. The van der Waals surface area contributed by atoms with Gasteiger partial charge in [0.15, 0.2) is 5.82 Å². The third-order valence-electron chi connectivity index (χ3n) is 4.11. The number of nitro groups is 1. The maximum Gasteiger partial charge on any atom is 0.368 e. The lowest BCUT2D eigenvalue weighted by Crippen LogP contribution is -2.12. The predicted octanol–water partition coefficient (Wildman–Crippen LogP) is 3.62. The van der Waals surface area contributed by atoms with E-state index in [0.29, 0.717) is 28.8 Å². The Kier molecular flexibility index (Phi) is 3.89. The van der Waals surface area contributed by atoms with Crippen molar-refractivity contribution in [2.75, 3.05) is 11.9 Å². The molecule has 1 aliphatic rings. The van der Waals surface area contributed by atoms with Crippen LogP contribution < -0.4 is 10.1 Å². The topological polar surface area (TPSA) is 94.6 Å². The van der Waals surface area contributed by atoms with Gasteiger partial charge in [-0.05, 0) is 29.9 Å². The van der Waals surface area contributed by atoms with Crippen LogP contribution in [0.2, 0.25) is 5.02 Å². The highest BCUT2D eigenvalue weighted by atomic mass is 35.5. The monoisotopic (exact) mass is 359 g/mol. The maximum atomic E-state index is 11.1. The molecule has 2 aromatic heterocycles. The van der Waals surface area contributed by atoms with Crippen LogP contribution in [0.25, 0.3) is 5.65 Å². The van der Waals surface area contributed by atoms with Gasteiger partial charge in [0.1, 0.15) is 11.9 Å². The molecule has 1 unspecified atom stereocenters. The Labute approximate surface area is 147 Å². The minimum atomic E-state index is -0.509. The molecule has 1 N–H and O–H groups in total. The minimum Gasteiger partial charge on any atom is -0.492 e. The quantitative estimate of drug-likeness (QED) is 0.567. The largest absolute Gasteiger partial charge is 0.492 e. The fourth-order valence-corrected chi connectivity index (χ4v) is 3.20. The standard InChI is InChI=1S/C16H14ClN5O3/c17-11-4-1-3-10-12(5-2-8-25-16(10)11)19-13-6-7-14-18-9-15(22(23)24)21(14)20-13/h1,3-4,6-7,9,12H,2,5,8H2,(H,19,20). The summed E-state index contributed by atoms with van der Waals surface area (Å²) in [5.74, 6) is 1.02. The van der Waals surface area contributed by atoms with Crippen LogP contribution in [-0.4, -0.2) is 26.1 Å². The van der Waals surface area contributed by atoms with Crippen LogP contribution in [-0.2, 0) is 0 Å². The summed E-state index contributed by atoms with van der Waals surface area (Å²) in [6.45, 7) is 0.592. The molecular weight excluding hydrogens is 346 g/mol. The zero-order valence-electron chi connectivity index (χ0n) is 13.1. The highest BCUT2D eigenvalue weighted by molar-refractivity contribution is 6.32. The van der Waals surface area contributed by atoms with Gasteiger partial charge in [-0.25, -0.2) is 4.98 Å². The van der Waals surface area contributed by atoms with E-state index in [1.165, 1.54) is 10.7 Å². The number of anilines is 1. The van der Waals surface area contributed by atoms with E-state index in [1.807, 2.05) is 12.1 Å². The molecule has 0 aliphatic carbocycles. The second-order valence-electron chi connectivity index (χ2n) is 5.71. The second-order valence-corrected chi connectivity index (χ2v) is 6.12. The number of nitrogens with one attached hydrogen (secondary N) is 1. The number of para-hydroxylation sites is 1.